The van der Waals surface area contributed by atoms with Crippen molar-refractivity contribution >= 4 is 27.7 Å². The first-order valence-electron chi connectivity index (χ1n) is 11.9. The molecule has 0 saturated heterocycles. The largest absolute Gasteiger partial charge is 0.445 e. The number of benzene rings is 2. The molecule has 37 heavy (non-hydrogen) atoms. The number of nitrogens with one attached hydrogen (secondary N) is 1. The van der Waals surface area contributed by atoms with Gasteiger partial charge in [-0.2, -0.15) is 4.31 Å². The maximum atomic E-state index is 13.4. The zero-order valence-electron chi connectivity index (χ0n) is 20.8. The molecule has 0 spiro atoms. The molecule has 2 aromatic carbocycles. The van der Waals surface area contributed by atoms with Crippen molar-refractivity contribution in [1.29, 1.82) is 0 Å². The Labute approximate surface area is 223 Å². The molecule has 0 aliphatic rings. The van der Waals surface area contributed by atoms with Crippen LogP contribution in [0, 0.1) is 5.92 Å². The molecule has 198 valence electrons. The minimum Gasteiger partial charge on any atom is -0.445 e. The molecule has 8 nitrogen and oxygen atoms in total. The lowest BCUT2D eigenvalue weighted by molar-refractivity contribution is 0.0873. The molecule has 3 rings (SSSR count). The fourth-order valence-electron chi connectivity index (χ4n) is 3.75. The maximum Gasteiger partial charge on any atom is 0.407 e. The zero-order chi connectivity index (χ0) is 26.8. The van der Waals surface area contributed by atoms with Crippen LogP contribution in [0.2, 0.25) is 5.02 Å². The third-order valence-corrected chi connectivity index (χ3v) is 7.67. The van der Waals surface area contributed by atoms with Crippen molar-refractivity contribution in [3.05, 3.63) is 95.3 Å². The van der Waals surface area contributed by atoms with E-state index in [-0.39, 0.29) is 36.9 Å². The van der Waals surface area contributed by atoms with Gasteiger partial charge >= 0.3 is 6.09 Å². The second-order valence-corrected chi connectivity index (χ2v) is 11.5. The molecule has 0 saturated carbocycles. The minimum absolute atomic E-state index is 0.000690. The van der Waals surface area contributed by atoms with Crippen molar-refractivity contribution in [1.82, 2.24) is 14.6 Å². The fourth-order valence-corrected chi connectivity index (χ4v) is 5.49. The van der Waals surface area contributed by atoms with Gasteiger partial charge in [0.1, 0.15) is 6.61 Å². The van der Waals surface area contributed by atoms with E-state index in [1.165, 1.54) is 28.6 Å². The van der Waals surface area contributed by atoms with Crippen LogP contribution in [-0.2, 0) is 27.8 Å². The Bertz CT molecular complexity index is 1230. The molecule has 3 aromatic rings. The molecule has 0 radical (unpaired) electrons. The summed E-state index contributed by atoms with van der Waals surface area (Å²) in [6.07, 6.45) is 1.55. The summed E-state index contributed by atoms with van der Waals surface area (Å²) >= 11 is 5.94. The first kappa shape index (κ1) is 28.6. The van der Waals surface area contributed by atoms with Crippen molar-refractivity contribution in [2.45, 2.75) is 43.9 Å². The van der Waals surface area contributed by atoms with Gasteiger partial charge in [-0.15, -0.1) is 0 Å². The number of halogens is 1. The molecule has 2 atom stereocenters. The van der Waals surface area contributed by atoms with Gasteiger partial charge in [0, 0.05) is 36.1 Å². The van der Waals surface area contributed by atoms with Crippen LogP contribution < -0.4 is 5.32 Å². The third kappa shape index (κ3) is 8.82. The molecule has 0 aliphatic heterocycles. The smallest absolute Gasteiger partial charge is 0.407 e. The second-order valence-electron chi connectivity index (χ2n) is 9.12. The molecule has 2 N–H and O–H groups in total. The molecule has 0 aliphatic carbocycles. The van der Waals surface area contributed by atoms with E-state index in [9.17, 15) is 18.3 Å². The number of aromatic nitrogens is 1. The van der Waals surface area contributed by atoms with Crippen LogP contribution in [-0.4, -0.2) is 54.1 Å². The lowest BCUT2D eigenvalue weighted by Gasteiger charge is -2.30. The van der Waals surface area contributed by atoms with Crippen molar-refractivity contribution in [2.24, 2.45) is 5.92 Å². The number of carbonyl (C=O) groups excluding carboxylic acids is 1. The van der Waals surface area contributed by atoms with Gasteiger partial charge in [-0.25, -0.2) is 13.2 Å². The van der Waals surface area contributed by atoms with Crippen molar-refractivity contribution in [3.63, 3.8) is 0 Å². The quantitative estimate of drug-likeness (QED) is 0.351. The number of amides is 1. The van der Waals surface area contributed by atoms with Gasteiger partial charge in [0.2, 0.25) is 10.0 Å². The van der Waals surface area contributed by atoms with Gasteiger partial charge in [0.25, 0.3) is 0 Å². The summed E-state index contributed by atoms with van der Waals surface area (Å²) in [5.74, 6) is -0.000690. The SMILES string of the molecule is CC(C)CN(C[C@@H](O)C(Cc1ccccc1)NC(=O)OCc1cccnc1)S(=O)(=O)c1ccc(Cl)cc1. The molecule has 1 unspecified atom stereocenters. The first-order chi connectivity index (χ1) is 17.6. The van der Waals surface area contributed by atoms with Crippen LogP contribution >= 0.6 is 11.6 Å². The van der Waals surface area contributed by atoms with Crippen molar-refractivity contribution in [3.8, 4) is 0 Å². The highest BCUT2D eigenvalue weighted by atomic mass is 35.5. The topological polar surface area (TPSA) is 109 Å². The molecule has 1 amide bonds. The minimum atomic E-state index is -3.93. The number of carbonyl (C=O) groups is 1. The van der Waals surface area contributed by atoms with E-state index in [1.807, 2.05) is 44.2 Å². The normalized spacial score (nSPS) is 13.4. The first-order valence-corrected chi connectivity index (χ1v) is 13.8. The summed E-state index contributed by atoms with van der Waals surface area (Å²) in [6, 6.07) is 17.9. The van der Waals surface area contributed by atoms with Crippen molar-refractivity contribution < 1.29 is 23.1 Å². The fraction of sp³-hybridized carbons (Fsp3) is 0.333. The summed E-state index contributed by atoms with van der Waals surface area (Å²) in [5, 5.41) is 14.4. The Morgan fingerprint density at radius 2 is 1.70 bits per heavy atom. The number of aliphatic hydroxyl groups excluding tert-OH is 1. The predicted octanol–water partition coefficient (Wildman–Crippen LogP) is 4.28. The lowest BCUT2D eigenvalue weighted by atomic mass is 10.0. The van der Waals surface area contributed by atoms with Crippen LogP contribution in [0.1, 0.15) is 25.0 Å². The van der Waals surface area contributed by atoms with E-state index in [0.717, 1.165) is 11.1 Å². The maximum absolute atomic E-state index is 13.4. The highest BCUT2D eigenvalue weighted by molar-refractivity contribution is 7.89. The lowest BCUT2D eigenvalue weighted by Crippen LogP contribution is -2.51. The van der Waals surface area contributed by atoms with Crippen LogP contribution in [0.4, 0.5) is 4.79 Å². The van der Waals surface area contributed by atoms with E-state index in [2.05, 4.69) is 10.3 Å². The summed E-state index contributed by atoms with van der Waals surface area (Å²) < 4.78 is 33.4. The average molecular weight is 546 g/mol. The van der Waals surface area contributed by atoms with Gasteiger partial charge in [-0.05, 0) is 48.2 Å². The third-order valence-electron chi connectivity index (χ3n) is 5.57. The average Bonchev–Trinajstić information content (AvgIpc) is 2.88. The van der Waals surface area contributed by atoms with Gasteiger partial charge in [0.15, 0.2) is 0 Å². The van der Waals surface area contributed by atoms with Gasteiger partial charge in [-0.1, -0.05) is 61.8 Å². The number of nitrogens with zero attached hydrogens (tertiary/aromatic N) is 2. The molecular weight excluding hydrogens is 514 g/mol. The Morgan fingerprint density at radius 3 is 2.32 bits per heavy atom. The van der Waals surface area contributed by atoms with Gasteiger partial charge < -0.3 is 15.2 Å². The molecular formula is C27H32ClN3O5S. The Morgan fingerprint density at radius 1 is 1.03 bits per heavy atom. The van der Waals surface area contributed by atoms with Crippen molar-refractivity contribution in [2.75, 3.05) is 13.1 Å². The predicted molar refractivity (Wildman–Crippen MR) is 143 cm³/mol. The summed E-state index contributed by atoms with van der Waals surface area (Å²) in [5.41, 5.74) is 1.59. The Kier molecular flexibility index (Phi) is 10.5. The second kappa shape index (κ2) is 13.5. The number of hydrogen-bond donors (Lipinski definition) is 2. The Balaban J connectivity index is 1.79. The van der Waals surface area contributed by atoms with Crippen LogP contribution in [0.15, 0.2) is 84.0 Å². The number of pyridine rings is 1. The number of aliphatic hydroxyl groups is 1. The van der Waals surface area contributed by atoms with E-state index < -0.39 is 28.3 Å². The Hall–Kier alpha value is -2.98. The standard InChI is InChI=1S/C27H32ClN3O5S/c1-20(2)17-31(37(34,35)24-12-10-23(28)11-13-24)18-26(32)25(15-21-7-4-3-5-8-21)30-27(33)36-19-22-9-6-14-29-16-22/h3-14,16,20,25-26,32H,15,17-19H2,1-2H3,(H,30,33)/t25?,26-/m1/s1. The molecule has 1 heterocycles. The van der Waals surface area contributed by atoms with E-state index >= 15 is 0 Å². The van der Waals surface area contributed by atoms with Crippen LogP contribution in [0.25, 0.3) is 0 Å². The van der Waals surface area contributed by atoms with Gasteiger partial charge in [-0.3, -0.25) is 4.98 Å². The van der Waals surface area contributed by atoms with E-state index in [4.69, 9.17) is 16.3 Å². The van der Waals surface area contributed by atoms with Gasteiger partial charge in [0.05, 0.1) is 17.0 Å². The number of alkyl carbamates (subject to hydrolysis) is 1. The molecule has 1 aromatic heterocycles. The highest BCUT2D eigenvalue weighted by Crippen LogP contribution is 2.21. The summed E-state index contributed by atoms with van der Waals surface area (Å²) in [6.45, 7) is 3.77. The number of hydrogen-bond acceptors (Lipinski definition) is 6. The zero-order valence-corrected chi connectivity index (χ0v) is 22.4. The highest BCUT2D eigenvalue weighted by Gasteiger charge is 2.31. The van der Waals surface area contributed by atoms with E-state index in [0.29, 0.717) is 5.02 Å². The molecule has 0 fully saturated rings. The number of sulfonamides is 1. The van der Waals surface area contributed by atoms with Crippen LogP contribution in [0.5, 0.6) is 0 Å². The van der Waals surface area contributed by atoms with Crippen LogP contribution in [0.3, 0.4) is 0 Å². The summed E-state index contributed by atoms with van der Waals surface area (Å²) in [4.78, 5) is 16.7. The summed E-state index contributed by atoms with van der Waals surface area (Å²) in [7, 11) is -3.93. The monoisotopic (exact) mass is 545 g/mol. The molecule has 10 heteroatoms. The van der Waals surface area contributed by atoms with E-state index in [1.54, 1.807) is 24.5 Å². The number of rotatable bonds is 12. The number of ether oxygens (including phenoxy) is 1. The molecule has 0 bridgehead atoms.